The van der Waals surface area contributed by atoms with E-state index in [4.69, 9.17) is 4.74 Å². The molecule has 3 amide bonds. The predicted octanol–water partition coefficient (Wildman–Crippen LogP) is 0.248. The lowest BCUT2D eigenvalue weighted by atomic mass is 10.1. The minimum atomic E-state index is -3.71. The van der Waals surface area contributed by atoms with E-state index in [-0.39, 0.29) is 10.5 Å². The van der Waals surface area contributed by atoms with Crippen LogP contribution in [0.3, 0.4) is 0 Å². The fraction of sp³-hybridized carbons (Fsp3) is 0.400. The number of amides is 3. The van der Waals surface area contributed by atoms with Crippen LogP contribution < -0.4 is 10.6 Å². The van der Waals surface area contributed by atoms with E-state index in [1.165, 1.54) is 32.3 Å². The number of imide groups is 1. The highest BCUT2D eigenvalue weighted by molar-refractivity contribution is 7.89. The monoisotopic (exact) mass is 371 g/mol. The van der Waals surface area contributed by atoms with Crippen LogP contribution in [0.5, 0.6) is 0 Å². The zero-order valence-electron chi connectivity index (χ0n) is 14.5. The minimum absolute atomic E-state index is 0.0220. The van der Waals surface area contributed by atoms with E-state index >= 15 is 0 Å². The maximum atomic E-state index is 12.1. The average molecular weight is 371 g/mol. The quantitative estimate of drug-likeness (QED) is 0.691. The largest absolute Gasteiger partial charge is 0.452 e. The van der Waals surface area contributed by atoms with Gasteiger partial charge in [0.05, 0.1) is 10.5 Å². The maximum Gasteiger partial charge on any atom is 0.338 e. The lowest BCUT2D eigenvalue weighted by molar-refractivity contribution is -0.123. The van der Waals surface area contributed by atoms with Crippen molar-refractivity contribution in [3.63, 3.8) is 0 Å². The first kappa shape index (κ1) is 20.6. The van der Waals surface area contributed by atoms with Gasteiger partial charge in [0.1, 0.15) is 0 Å². The molecule has 1 rings (SSSR count). The highest BCUT2D eigenvalue weighted by Gasteiger charge is 2.21. The second-order valence-electron chi connectivity index (χ2n) is 5.25. The summed E-state index contributed by atoms with van der Waals surface area (Å²) in [6, 6.07) is 3.35. The number of esters is 1. The molecular formula is C15H21N3O6S. The van der Waals surface area contributed by atoms with Crippen LogP contribution in [0.25, 0.3) is 0 Å². The molecular weight excluding hydrogens is 350 g/mol. The molecule has 0 aliphatic heterocycles. The third-order valence-electron chi connectivity index (χ3n) is 3.13. The molecule has 0 aliphatic rings. The van der Waals surface area contributed by atoms with Gasteiger partial charge in [-0.25, -0.2) is 22.3 Å². The smallest absolute Gasteiger partial charge is 0.338 e. The summed E-state index contributed by atoms with van der Waals surface area (Å²) in [5, 5.41) is 4.34. The number of nitrogens with zero attached hydrogens (tertiary/aromatic N) is 1. The first-order valence-electron chi connectivity index (χ1n) is 7.37. The normalized spacial score (nSPS) is 11.1. The number of carbonyl (C=O) groups excluding carboxylic acids is 3. The number of nitrogens with one attached hydrogen (secondary N) is 2. The van der Waals surface area contributed by atoms with Crippen molar-refractivity contribution in [2.24, 2.45) is 0 Å². The van der Waals surface area contributed by atoms with Gasteiger partial charge in [-0.05, 0) is 31.5 Å². The van der Waals surface area contributed by atoms with E-state index in [0.717, 1.165) is 4.31 Å². The standard InChI is InChI=1S/C15H21N3O6S/c1-5-16-15(21)17-13(19)9-24-14(20)12-8-11(7-6-10(12)2)25(22,23)18(3)4/h6-8H,5,9H2,1-4H3,(H2,16,17,19,21). The zero-order valence-corrected chi connectivity index (χ0v) is 15.3. The van der Waals surface area contributed by atoms with E-state index in [2.05, 4.69) is 5.32 Å². The van der Waals surface area contributed by atoms with Crippen molar-refractivity contribution in [2.75, 3.05) is 27.2 Å². The van der Waals surface area contributed by atoms with Crippen LogP contribution in [-0.4, -0.2) is 57.9 Å². The van der Waals surface area contributed by atoms with Crippen LogP contribution in [0.1, 0.15) is 22.8 Å². The average Bonchev–Trinajstić information content (AvgIpc) is 2.52. The molecule has 2 N–H and O–H groups in total. The third kappa shape index (κ3) is 5.54. The number of sulfonamides is 1. The van der Waals surface area contributed by atoms with Crippen LogP contribution >= 0.6 is 0 Å². The summed E-state index contributed by atoms with van der Waals surface area (Å²) in [7, 11) is -0.962. The van der Waals surface area contributed by atoms with Crippen molar-refractivity contribution >= 4 is 27.9 Å². The summed E-state index contributed by atoms with van der Waals surface area (Å²) >= 11 is 0. The van der Waals surface area contributed by atoms with Gasteiger partial charge in [0.15, 0.2) is 6.61 Å². The second-order valence-corrected chi connectivity index (χ2v) is 7.40. The Morgan fingerprint density at radius 2 is 1.84 bits per heavy atom. The molecule has 0 spiro atoms. The van der Waals surface area contributed by atoms with E-state index in [9.17, 15) is 22.8 Å². The first-order chi connectivity index (χ1) is 11.6. The Kier molecular flexibility index (Phi) is 7.07. The number of ether oxygens (including phenoxy) is 1. The molecule has 0 radical (unpaired) electrons. The maximum absolute atomic E-state index is 12.1. The summed E-state index contributed by atoms with van der Waals surface area (Å²) in [5.41, 5.74) is 0.514. The molecule has 0 atom stereocenters. The molecule has 0 fully saturated rings. The molecule has 0 bridgehead atoms. The molecule has 10 heteroatoms. The first-order valence-corrected chi connectivity index (χ1v) is 8.81. The Hall–Kier alpha value is -2.46. The molecule has 0 saturated heterocycles. The lowest BCUT2D eigenvalue weighted by Gasteiger charge is -2.13. The third-order valence-corrected chi connectivity index (χ3v) is 4.94. The number of hydrogen-bond acceptors (Lipinski definition) is 6. The van der Waals surface area contributed by atoms with Crippen molar-refractivity contribution in [3.8, 4) is 0 Å². The van der Waals surface area contributed by atoms with Gasteiger partial charge >= 0.3 is 12.0 Å². The summed E-state index contributed by atoms with van der Waals surface area (Å²) < 4.78 is 30.1. The van der Waals surface area contributed by atoms with Crippen molar-refractivity contribution in [3.05, 3.63) is 29.3 Å². The Morgan fingerprint density at radius 1 is 1.20 bits per heavy atom. The van der Waals surface area contributed by atoms with Crippen LogP contribution in [0, 0.1) is 6.92 Å². The molecule has 0 heterocycles. The number of benzene rings is 1. The van der Waals surface area contributed by atoms with Crippen molar-refractivity contribution in [2.45, 2.75) is 18.7 Å². The molecule has 25 heavy (non-hydrogen) atoms. The molecule has 1 aromatic rings. The van der Waals surface area contributed by atoms with Crippen LogP contribution in [0.4, 0.5) is 4.79 Å². The summed E-state index contributed by atoms with van der Waals surface area (Å²) in [4.78, 5) is 34.8. The lowest BCUT2D eigenvalue weighted by Crippen LogP contribution is -2.41. The van der Waals surface area contributed by atoms with Gasteiger partial charge in [-0.15, -0.1) is 0 Å². The Morgan fingerprint density at radius 3 is 2.40 bits per heavy atom. The molecule has 1 aromatic carbocycles. The van der Waals surface area contributed by atoms with E-state index < -0.39 is 34.5 Å². The van der Waals surface area contributed by atoms with Gasteiger partial charge < -0.3 is 10.1 Å². The molecule has 138 valence electrons. The van der Waals surface area contributed by atoms with E-state index in [1.807, 2.05) is 5.32 Å². The minimum Gasteiger partial charge on any atom is -0.452 e. The highest BCUT2D eigenvalue weighted by atomic mass is 32.2. The summed E-state index contributed by atoms with van der Waals surface area (Å²) in [5.74, 6) is -1.66. The molecule has 0 aromatic heterocycles. The zero-order chi connectivity index (χ0) is 19.2. The second kappa shape index (κ2) is 8.58. The van der Waals surface area contributed by atoms with Gasteiger partial charge in [0.2, 0.25) is 10.0 Å². The molecule has 0 saturated carbocycles. The van der Waals surface area contributed by atoms with Crippen molar-refractivity contribution in [1.29, 1.82) is 0 Å². The SMILES string of the molecule is CCNC(=O)NC(=O)COC(=O)c1cc(S(=O)(=O)N(C)C)ccc1C. The highest BCUT2D eigenvalue weighted by Crippen LogP contribution is 2.18. The summed E-state index contributed by atoms with van der Waals surface area (Å²) in [6.07, 6.45) is 0. The number of carbonyl (C=O) groups is 3. The van der Waals surface area contributed by atoms with E-state index in [1.54, 1.807) is 13.8 Å². The molecule has 0 aliphatic carbocycles. The van der Waals surface area contributed by atoms with Crippen molar-refractivity contribution < 1.29 is 27.5 Å². The van der Waals surface area contributed by atoms with Gasteiger partial charge in [-0.2, -0.15) is 0 Å². The van der Waals surface area contributed by atoms with Gasteiger partial charge in [0, 0.05) is 20.6 Å². The van der Waals surface area contributed by atoms with Crippen LogP contribution in [-0.2, 0) is 19.6 Å². The Labute approximate surface area is 146 Å². The van der Waals surface area contributed by atoms with Crippen LogP contribution in [0.15, 0.2) is 23.1 Å². The van der Waals surface area contributed by atoms with Gasteiger partial charge in [0.25, 0.3) is 5.91 Å². The number of hydrogen-bond donors (Lipinski definition) is 2. The predicted molar refractivity (Wildman–Crippen MR) is 89.5 cm³/mol. The number of urea groups is 1. The van der Waals surface area contributed by atoms with Gasteiger partial charge in [-0.1, -0.05) is 6.07 Å². The van der Waals surface area contributed by atoms with Crippen LogP contribution in [0.2, 0.25) is 0 Å². The Bertz CT molecular complexity index is 773. The van der Waals surface area contributed by atoms with Crippen molar-refractivity contribution in [1.82, 2.24) is 14.9 Å². The topological polar surface area (TPSA) is 122 Å². The van der Waals surface area contributed by atoms with E-state index in [0.29, 0.717) is 12.1 Å². The van der Waals surface area contributed by atoms with Gasteiger partial charge in [-0.3, -0.25) is 10.1 Å². The fourth-order valence-corrected chi connectivity index (χ4v) is 2.70. The Balaban J connectivity index is 2.85. The molecule has 9 nitrogen and oxygen atoms in total. The number of rotatable bonds is 6. The number of aryl methyl sites for hydroxylation is 1. The molecule has 0 unspecified atom stereocenters. The fourth-order valence-electron chi connectivity index (χ4n) is 1.77. The summed E-state index contributed by atoms with van der Waals surface area (Å²) in [6.45, 7) is 2.96.